The first-order valence-electron chi connectivity index (χ1n) is 7.11. The van der Waals surface area contributed by atoms with E-state index < -0.39 is 0 Å². The first-order valence-corrected chi connectivity index (χ1v) is 8.27. The van der Waals surface area contributed by atoms with Crippen molar-refractivity contribution in [1.82, 2.24) is 5.32 Å². The molecule has 0 spiro atoms. The number of thioether (sulfide) groups is 1. The second-order valence-corrected chi connectivity index (χ2v) is 6.70. The van der Waals surface area contributed by atoms with Gasteiger partial charge in [0.1, 0.15) is 0 Å². The van der Waals surface area contributed by atoms with Gasteiger partial charge in [0.25, 0.3) is 0 Å². The van der Waals surface area contributed by atoms with Crippen LogP contribution in [0.15, 0.2) is 0 Å². The summed E-state index contributed by atoms with van der Waals surface area (Å²) in [6, 6.07) is 0. The van der Waals surface area contributed by atoms with Crippen molar-refractivity contribution in [2.45, 2.75) is 57.9 Å². The van der Waals surface area contributed by atoms with E-state index in [1.165, 1.54) is 19.3 Å². The fraction of sp³-hybridized carbons (Fsp3) is 0.929. The zero-order chi connectivity index (χ0) is 13.4. The third kappa shape index (κ3) is 5.19. The molecule has 106 valence electrons. The van der Waals surface area contributed by atoms with Crippen LogP contribution in [-0.2, 0) is 4.79 Å². The highest BCUT2D eigenvalue weighted by Gasteiger charge is 2.35. The molecular formula is C14H27NO2S. The first kappa shape index (κ1) is 15.8. The van der Waals surface area contributed by atoms with Crippen molar-refractivity contribution in [3.05, 3.63) is 0 Å². The summed E-state index contributed by atoms with van der Waals surface area (Å²) in [5, 5.41) is 12.7. The highest BCUT2D eigenvalue weighted by atomic mass is 32.2. The maximum absolute atomic E-state index is 11.9. The number of hydrogen-bond donors (Lipinski definition) is 2. The van der Waals surface area contributed by atoms with Crippen LogP contribution in [-0.4, -0.2) is 34.7 Å². The number of aliphatic hydroxyl groups excluding tert-OH is 1. The third-order valence-electron chi connectivity index (χ3n) is 3.67. The lowest BCUT2D eigenvalue weighted by Gasteiger charge is -2.39. The second kappa shape index (κ2) is 8.05. The van der Waals surface area contributed by atoms with E-state index in [-0.39, 0.29) is 18.1 Å². The lowest BCUT2D eigenvalue weighted by Crippen LogP contribution is -2.54. The summed E-state index contributed by atoms with van der Waals surface area (Å²) in [6.45, 7) is 4.43. The molecule has 0 aromatic heterocycles. The average molecular weight is 273 g/mol. The Labute approximate surface area is 115 Å². The zero-order valence-electron chi connectivity index (χ0n) is 11.7. The van der Waals surface area contributed by atoms with Crippen molar-refractivity contribution >= 4 is 17.7 Å². The van der Waals surface area contributed by atoms with Gasteiger partial charge in [-0.1, -0.05) is 33.1 Å². The number of rotatable bonds is 7. The Hall–Kier alpha value is -0.220. The minimum atomic E-state index is -0.347. The maximum atomic E-state index is 11.9. The molecule has 0 aromatic rings. The van der Waals surface area contributed by atoms with Crippen LogP contribution in [0.3, 0.4) is 0 Å². The zero-order valence-corrected chi connectivity index (χ0v) is 12.5. The van der Waals surface area contributed by atoms with Gasteiger partial charge in [-0.05, 0) is 30.9 Å². The lowest BCUT2D eigenvalue weighted by atomic mass is 9.77. The summed E-state index contributed by atoms with van der Waals surface area (Å²) >= 11 is 1.69. The predicted octanol–water partition coefficient (Wildman–Crippen LogP) is 2.58. The Balaban J connectivity index is 2.35. The number of amides is 1. The summed E-state index contributed by atoms with van der Waals surface area (Å²) in [5.41, 5.74) is -0.347. The molecule has 1 amide bonds. The van der Waals surface area contributed by atoms with E-state index in [0.29, 0.717) is 11.7 Å². The Morgan fingerprint density at radius 1 is 1.56 bits per heavy atom. The molecule has 1 saturated carbocycles. The molecule has 0 radical (unpaired) electrons. The molecule has 1 rings (SSSR count). The van der Waals surface area contributed by atoms with Gasteiger partial charge >= 0.3 is 0 Å². The quantitative estimate of drug-likeness (QED) is 0.701. The van der Waals surface area contributed by atoms with Gasteiger partial charge in [-0.25, -0.2) is 0 Å². The van der Waals surface area contributed by atoms with Gasteiger partial charge in [0.2, 0.25) is 5.91 Å². The fourth-order valence-corrected chi connectivity index (χ4v) is 3.59. The number of nitrogens with one attached hydrogen (secondary N) is 1. The summed E-state index contributed by atoms with van der Waals surface area (Å²) in [4.78, 5) is 11.9. The molecule has 2 unspecified atom stereocenters. The second-order valence-electron chi connectivity index (χ2n) is 5.59. The molecule has 0 heterocycles. The van der Waals surface area contributed by atoms with Crippen LogP contribution in [0.2, 0.25) is 0 Å². The smallest absolute Gasteiger partial charge is 0.230 e. The summed E-state index contributed by atoms with van der Waals surface area (Å²) in [7, 11) is 0. The van der Waals surface area contributed by atoms with Crippen LogP contribution in [0.1, 0.15) is 52.4 Å². The molecule has 2 N–H and O–H groups in total. The van der Waals surface area contributed by atoms with E-state index in [0.717, 1.165) is 25.0 Å². The van der Waals surface area contributed by atoms with Gasteiger partial charge in [0.15, 0.2) is 0 Å². The molecule has 1 aliphatic rings. The third-order valence-corrected chi connectivity index (χ3v) is 4.72. The fourth-order valence-electron chi connectivity index (χ4n) is 2.70. The summed E-state index contributed by atoms with van der Waals surface area (Å²) in [6.07, 6.45) is 6.48. The molecule has 1 fully saturated rings. The number of unbranched alkanes of at least 4 members (excludes halogenated alkanes) is 1. The van der Waals surface area contributed by atoms with Crippen molar-refractivity contribution in [1.29, 1.82) is 0 Å². The van der Waals surface area contributed by atoms with Crippen LogP contribution >= 0.6 is 11.8 Å². The molecule has 1 aliphatic carbocycles. The standard InChI is InChI=1S/C14H27NO2S/c1-3-4-8-18-10-13(17)15-14(11-16)7-5-6-12(2)9-14/h12,16H,3-11H2,1-2H3,(H,15,17). The molecule has 18 heavy (non-hydrogen) atoms. The molecule has 2 atom stereocenters. The topological polar surface area (TPSA) is 49.3 Å². The average Bonchev–Trinajstić information content (AvgIpc) is 2.34. The molecular weight excluding hydrogens is 246 g/mol. The molecule has 0 saturated heterocycles. The van der Waals surface area contributed by atoms with Gasteiger partial charge in [0.05, 0.1) is 17.9 Å². The molecule has 3 nitrogen and oxygen atoms in total. The van der Waals surface area contributed by atoms with Crippen molar-refractivity contribution in [2.75, 3.05) is 18.1 Å². The Kier molecular flexibility index (Phi) is 7.08. The number of carbonyl (C=O) groups excluding carboxylic acids is 1. The van der Waals surface area contributed by atoms with Gasteiger partial charge in [-0.15, -0.1) is 0 Å². The van der Waals surface area contributed by atoms with Crippen molar-refractivity contribution < 1.29 is 9.90 Å². The van der Waals surface area contributed by atoms with Crippen LogP contribution in [0.25, 0.3) is 0 Å². The minimum absolute atomic E-state index is 0.0721. The number of aliphatic hydroxyl groups is 1. The summed E-state index contributed by atoms with van der Waals surface area (Å²) < 4.78 is 0. The minimum Gasteiger partial charge on any atom is -0.394 e. The van der Waals surface area contributed by atoms with Gasteiger partial charge < -0.3 is 10.4 Å². The Morgan fingerprint density at radius 2 is 2.33 bits per heavy atom. The molecule has 0 aliphatic heterocycles. The van der Waals surface area contributed by atoms with Crippen LogP contribution in [0.5, 0.6) is 0 Å². The molecule has 0 bridgehead atoms. The largest absolute Gasteiger partial charge is 0.394 e. The van der Waals surface area contributed by atoms with Crippen LogP contribution in [0, 0.1) is 5.92 Å². The number of hydrogen-bond acceptors (Lipinski definition) is 3. The lowest BCUT2D eigenvalue weighted by molar-refractivity contribution is -0.121. The van der Waals surface area contributed by atoms with E-state index in [1.54, 1.807) is 11.8 Å². The Bertz CT molecular complexity index is 260. The highest BCUT2D eigenvalue weighted by molar-refractivity contribution is 7.99. The van der Waals surface area contributed by atoms with Gasteiger partial charge in [-0.3, -0.25) is 4.79 Å². The van der Waals surface area contributed by atoms with E-state index in [9.17, 15) is 9.90 Å². The van der Waals surface area contributed by atoms with Gasteiger partial charge in [-0.2, -0.15) is 11.8 Å². The maximum Gasteiger partial charge on any atom is 0.230 e. The SMILES string of the molecule is CCCCSCC(=O)NC1(CO)CCCC(C)C1. The van der Waals surface area contributed by atoms with Gasteiger partial charge in [0, 0.05) is 0 Å². The first-order chi connectivity index (χ1) is 8.62. The van der Waals surface area contributed by atoms with E-state index >= 15 is 0 Å². The molecule has 4 heteroatoms. The highest BCUT2D eigenvalue weighted by Crippen LogP contribution is 2.32. The van der Waals surface area contributed by atoms with E-state index in [4.69, 9.17) is 0 Å². The normalized spacial score (nSPS) is 28.1. The van der Waals surface area contributed by atoms with E-state index in [1.807, 2.05) is 0 Å². The summed E-state index contributed by atoms with van der Waals surface area (Å²) in [5.74, 6) is 2.25. The Morgan fingerprint density at radius 3 is 2.94 bits per heavy atom. The van der Waals surface area contributed by atoms with Crippen molar-refractivity contribution in [3.63, 3.8) is 0 Å². The van der Waals surface area contributed by atoms with E-state index in [2.05, 4.69) is 19.2 Å². The van der Waals surface area contributed by atoms with Crippen molar-refractivity contribution in [2.24, 2.45) is 5.92 Å². The van der Waals surface area contributed by atoms with Crippen molar-refractivity contribution in [3.8, 4) is 0 Å². The van der Waals surface area contributed by atoms with Crippen LogP contribution < -0.4 is 5.32 Å². The monoisotopic (exact) mass is 273 g/mol. The number of carbonyl (C=O) groups is 1. The molecule has 0 aromatic carbocycles. The van der Waals surface area contributed by atoms with Crippen LogP contribution in [0.4, 0.5) is 0 Å². The predicted molar refractivity (Wildman–Crippen MR) is 77.8 cm³/mol.